The van der Waals surface area contributed by atoms with Crippen LogP contribution in [0.1, 0.15) is 27.7 Å². The summed E-state index contributed by atoms with van der Waals surface area (Å²) in [5, 5.41) is 0. The van der Waals surface area contributed by atoms with Gasteiger partial charge in [0.25, 0.3) is 0 Å². The maximum absolute atomic E-state index is 5.32. The van der Waals surface area contributed by atoms with Gasteiger partial charge in [-0.25, -0.2) is 0 Å². The van der Waals surface area contributed by atoms with E-state index in [0.717, 1.165) is 11.1 Å². The van der Waals surface area contributed by atoms with Gasteiger partial charge in [-0.3, -0.25) is 0 Å². The molecule has 0 saturated heterocycles. The molecule has 0 saturated carbocycles. The van der Waals surface area contributed by atoms with Crippen molar-refractivity contribution in [1.82, 2.24) is 0 Å². The summed E-state index contributed by atoms with van der Waals surface area (Å²) in [7, 11) is 0. The maximum Gasteiger partial charge on any atom is 0.0243 e. The van der Waals surface area contributed by atoms with Crippen LogP contribution in [-0.2, 0) is 0 Å². The molecular formula is C10H19N. The highest BCUT2D eigenvalue weighted by Crippen LogP contribution is 2.05. The summed E-state index contributed by atoms with van der Waals surface area (Å²) < 4.78 is 0. The van der Waals surface area contributed by atoms with Crippen LogP contribution < -0.4 is 5.73 Å². The molecule has 0 bridgehead atoms. The van der Waals surface area contributed by atoms with Crippen molar-refractivity contribution in [3.05, 3.63) is 36.1 Å². The van der Waals surface area contributed by atoms with E-state index in [1.54, 1.807) is 0 Å². The third kappa shape index (κ3) is 9.02. The molecule has 0 fully saturated rings. The zero-order valence-corrected chi connectivity index (χ0v) is 8.07. The minimum atomic E-state index is 0.579. The second kappa shape index (κ2) is 7.13. The van der Waals surface area contributed by atoms with Crippen molar-refractivity contribution < 1.29 is 0 Å². The Morgan fingerprint density at radius 2 is 1.55 bits per heavy atom. The molecule has 0 radical (unpaired) electrons. The average molecular weight is 153 g/mol. The van der Waals surface area contributed by atoms with E-state index in [2.05, 4.69) is 13.2 Å². The van der Waals surface area contributed by atoms with Gasteiger partial charge in [-0.1, -0.05) is 32.6 Å². The number of hydrogen-bond acceptors (Lipinski definition) is 1. The summed E-state index contributed by atoms with van der Waals surface area (Å²) in [4.78, 5) is 0. The maximum atomic E-state index is 5.32. The quantitative estimate of drug-likeness (QED) is 0.606. The van der Waals surface area contributed by atoms with Gasteiger partial charge in [0.2, 0.25) is 0 Å². The molecule has 11 heavy (non-hydrogen) atoms. The smallest absolute Gasteiger partial charge is 0.0243 e. The Balaban J connectivity index is 0. The van der Waals surface area contributed by atoms with Crippen LogP contribution in [0.15, 0.2) is 36.1 Å². The van der Waals surface area contributed by atoms with Gasteiger partial charge in [0.1, 0.15) is 0 Å². The lowest BCUT2D eigenvalue weighted by Crippen LogP contribution is -1.90. The molecule has 0 aliphatic carbocycles. The minimum absolute atomic E-state index is 0.579. The number of rotatable bonds is 2. The molecule has 0 unspecified atom stereocenters. The molecule has 0 rings (SSSR count). The Labute approximate surface area is 70.3 Å². The Hall–Kier alpha value is -0.980. The van der Waals surface area contributed by atoms with Crippen LogP contribution in [0, 0.1) is 0 Å². The first-order valence-electron chi connectivity index (χ1n) is 3.82. The second-order valence-corrected chi connectivity index (χ2v) is 2.18. The predicted octanol–water partition coefficient (Wildman–Crippen LogP) is 3.01. The Morgan fingerprint density at radius 1 is 1.18 bits per heavy atom. The van der Waals surface area contributed by atoms with E-state index >= 15 is 0 Å². The molecule has 0 spiro atoms. The average Bonchev–Trinajstić information content (AvgIpc) is 1.90. The van der Waals surface area contributed by atoms with Crippen molar-refractivity contribution in [1.29, 1.82) is 0 Å². The first-order valence-corrected chi connectivity index (χ1v) is 3.82. The molecule has 1 nitrogen and oxygen atoms in total. The molecule has 0 aromatic carbocycles. The molecule has 0 atom stereocenters. The molecule has 0 aliphatic rings. The van der Waals surface area contributed by atoms with E-state index in [4.69, 9.17) is 5.73 Å². The van der Waals surface area contributed by atoms with Crippen LogP contribution in [0.25, 0.3) is 0 Å². The lowest BCUT2D eigenvalue weighted by Gasteiger charge is -1.96. The number of allylic oxidation sites excluding steroid dienone is 3. The van der Waals surface area contributed by atoms with Crippen LogP contribution >= 0.6 is 0 Å². The molecule has 2 N–H and O–H groups in total. The molecule has 0 aromatic heterocycles. The van der Waals surface area contributed by atoms with Crippen LogP contribution in [0.4, 0.5) is 0 Å². The standard InChI is InChI=1S/C8H13N.C2H6/c1-6(2)7(3)5-8(4)9;1-2/h5H,1,4,9H2,2-3H3;1-2H3/b7-5-;. The van der Waals surface area contributed by atoms with Crippen LogP contribution in [0.5, 0.6) is 0 Å². The highest BCUT2D eigenvalue weighted by atomic mass is 14.5. The summed E-state index contributed by atoms with van der Waals surface area (Å²) in [5.74, 6) is 0. The van der Waals surface area contributed by atoms with Crippen molar-refractivity contribution in [3.63, 3.8) is 0 Å². The first-order chi connectivity index (χ1) is 5.04. The molecule has 64 valence electrons. The number of nitrogens with two attached hydrogens (primary N) is 1. The lowest BCUT2D eigenvalue weighted by molar-refractivity contribution is 1.32. The zero-order valence-electron chi connectivity index (χ0n) is 8.07. The summed E-state index contributed by atoms with van der Waals surface area (Å²) in [6.45, 7) is 15.2. The molecular weight excluding hydrogens is 134 g/mol. The summed E-state index contributed by atoms with van der Waals surface area (Å²) in [6, 6.07) is 0. The monoisotopic (exact) mass is 153 g/mol. The lowest BCUT2D eigenvalue weighted by atomic mass is 10.1. The van der Waals surface area contributed by atoms with Gasteiger partial charge in [-0.15, -0.1) is 0 Å². The minimum Gasteiger partial charge on any atom is -0.399 e. The summed E-state index contributed by atoms with van der Waals surface area (Å²) in [6.07, 6.45) is 1.81. The number of hydrogen-bond donors (Lipinski definition) is 1. The normalized spacial score (nSPS) is 9.64. The fourth-order valence-corrected chi connectivity index (χ4v) is 0.401. The second-order valence-electron chi connectivity index (χ2n) is 2.18. The highest BCUT2D eigenvalue weighted by Gasteiger charge is 1.86. The van der Waals surface area contributed by atoms with Crippen LogP contribution in [-0.4, -0.2) is 0 Å². The van der Waals surface area contributed by atoms with Gasteiger partial charge >= 0.3 is 0 Å². The fraction of sp³-hybridized carbons (Fsp3) is 0.400. The molecule has 0 amide bonds. The highest BCUT2D eigenvalue weighted by molar-refractivity contribution is 5.30. The van der Waals surface area contributed by atoms with Gasteiger partial charge in [0, 0.05) is 5.70 Å². The molecule has 0 aromatic rings. The van der Waals surface area contributed by atoms with E-state index in [0.29, 0.717) is 5.70 Å². The van der Waals surface area contributed by atoms with Gasteiger partial charge < -0.3 is 5.73 Å². The zero-order chi connectivity index (χ0) is 9.44. The summed E-state index contributed by atoms with van der Waals surface area (Å²) in [5.41, 5.74) is 8.01. The van der Waals surface area contributed by atoms with Gasteiger partial charge in [-0.2, -0.15) is 0 Å². The van der Waals surface area contributed by atoms with Crippen molar-refractivity contribution in [2.75, 3.05) is 0 Å². The van der Waals surface area contributed by atoms with Crippen molar-refractivity contribution in [2.45, 2.75) is 27.7 Å². The van der Waals surface area contributed by atoms with E-state index in [1.807, 2.05) is 33.8 Å². The van der Waals surface area contributed by atoms with Gasteiger partial charge in [-0.05, 0) is 25.5 Å². The van der Waals surface area contributed by atoms with Gasteiger partial charge in [0.05, 0.1) is 0 Å². The van der Waals surface area contributed by atoms with E-state index in [-0.39, 0.29) is 0 Å². The largest absolute Gasteiger partial charge is 0.399 e. The van der Waals surface area contributed by atoms with Crippen LogP contribution in [0.3, 0.4) is 0 Å². The summed E-state index contributed by atoms with van der Waals surface area (Å²) >= 11 is 0. The topological polar surface area (TPSA) is 26.0 Å². The predicted molar refractivity (Wildman–Crippen MR) is 53.2 cm³/mol. The third-order valence-electron chi connectivity index (χ3n) is 1.08. The van der Waals surface area contributed by atoms with E-state index < -0.39 is 0 Å². The molecule has 0 aliphatic heterocycles. The first kappa shape index (κ1) is 12.7. The van der Waals surface area contributed by atoms with Crippen molar-refractivity contribution in [2.24, 2.45) is 5.73 Å². The fourth-order valence-electron chi connectivity index (χ4n) is 0.401. The molecule has 1 heteroatoms. The Bertz CT molecular complexity index is 164. The van der Waals surface area contributed by atoms with Crippen LogP contribution in [0.2, 0.25) is 0 Å². The Kier molecular flexibility index (Phi) is 8.22. The van der Waals surface area contributed by atoms with E-state index in [1.165, 1.54) is 0 Å². The van der Waals surface area contributed by atoms with Gasteiger partial charge in [0.15, 0.2) is 0 Å². The van der Waals surface area contributed by atoms with Crippen molar-refractivity contribution >= 4 is 0 Å². The third-order valence-corrected chi connectivity index (χ3v) is 1.08. The molecule has 0 heterocycles. The van der Waals surface area contributed by atoms with E-state index in [9.17, 15) is 0 Å². The van der Waals surface area contributed by atoms with Crippen molar-refractivity contribution in [3.8, 4) is 0 Å². The Morgan fingerprint density at radius 3 is 1.64 bits per heavy atom. The SMILES string of the molecule is C=C(N)/C=C(/C)C(=C)C.CC.